The number of hydrogen-bond acceptors (Lipinski definition) is 5. The molecule has 25 heavy (non-hydrogen) atoms. The molecule has 3 aromatic rings. The number of rotatable bonds is 6. The molecule has 0 bridgehead atoms. The van der Waals surface area contributed by atoms with Crippen molar-refractivity contribution in [3.63, 3.8) is 0 Å². The molecule has 0 unspecified atom stereocenters. The highest BCUT2D eigenvalue weighted by molar-refractivity contribution is 5.93. The minimum Gasteiger partial charge on any atom is -0.356 e. The molecule has 130 valence electrons. The highest BCUT2D eigenvalue weighted by atomic mass is 16.2. The standard InChI is InChI=1S/C18H22N6O/c1-4-23(5-2)17-14-10-21-24(18(14)20-12-19-17)11-16(25)22-15-9-7-6-8-13(15)3/h6-10,12H,4-5,11H2,1-3H3,(H,22,25). The van der Waals surface area contributed by atoms with E-state index in [1.807, 2.05) is 31.2 Å². The molecular weight excluding hydrogens is 316 g/mol. The molecular formula is C18H22N6O. The van der Waals surface area contributed by atoms with E-state index in [-0.39, 0.29) is 12.5 Å². The number of anilines is 2. The summed E-state index contributed by atoms with van der Waals surface area (Å²) >= 11 is 0. The van der Waals surface area contributed by atoms with Crippen LogP contribution in [0.2, 0.25) is 0 Å². The van der Waals surface area contributed by atoms with Crippen LogP contribution in [0, 0.1) is 6.92 Å². The molecule has 2 aromatic heterocycles. The molecule has 0 saturated carbocycles. The van der Waals surface area contributed by atoms with Gasteiger partial charge in [-0.1, -0.05) is 18.2 Å². The molecule has 1 aromatic carbocycles. The molecule has 0 saturated heterocycles. The van der Waals surface area contributed by atoms with E-state index in [4.69, 9.17) is 0 Å². The highest BCUT2D eigenvalue weighted by Gasteiger charge is 2.15. The van der Waals surface area contributed by atoms with Crippen LogP contribution in [0.3, 0.4) is 0 Å². The Morgan fingerprint density at radius 1 is 1.20 bits per heavy atom. The summed E-state index contributed by atoms with van der Waals surface area (Å²) in [5.41, 5.74) is 2.49. The van der Waals surface area contributed by atoms with E-state index in [1.54, 1.807) is 10.9 Å². The number of nitrogens with one attached hydrogen (secondary N) is 1. The molecule has 7 nitrogen and oxygen atoms in total. The van der Waals surface area contributed by atoms with Gasteiger partial charge in [-0.3, -0.25) is 4.79 Å². The summed E-state index contributed by atoms with van der Waals surface area (Å²) in [6, 6.07) is 7.69. The highest BCUT2D eigenvalue weighted by Crippen LogP contribution is 2.22. The van der Waals surface area contributed by atoms with Crippen LogP contribution in [0.1, 0.15) is 19.4 Å². The van der Waals surface area contributed by atoms with Crippen molar-refractivity contribution in [2.24, 2.45) is 0 Å². The van der Waals surface area contributed by atoms with Crippen molar-refractivity contribution in [2.45, 2.75) is 27.3 Å². The van der Waals surface area contributed by atoms with E-state index in [0.29, 0.717) is 5.65 Å². The SMILES string of the molecule is CCN(CC)c1ncnc2c1cnn2CC(=O)Nc1ccccc1C. The number of benzene rings is 1. The molecule has 1 amide bonds. The fourth-order valence-corrected chi connectivity index (χ4v) is 2.81. The van der Waals surface area contributed by atoms with E-state index < -0.39 is 0 Å². The van der Waals surface area contributed by atoms with Gasteiger partial charge in [0.15, 0.2) is 5.65 Å². The summed E-state index contributed by atoms with van der Waals surface area (Å²) in [5, 5.41) is 8.11. The molecule has 0 atom stereocenters. The van der Waals surface area contributed by atoms with E-state index >= 15 is 0 Å². The maximum atomic E-state index is 12.4. The lowest BCUT2D eigenvalue weighted by Gasteiger charge is -2.19. The number of para-hydroxylation sites is 1. The third kappa shape index (κ3) is 3.45. The Labute approximate surface area is 146 Å². The average molecular weight is 338 g/mol. The van der Waals surface area contributed by atoms with Crippen LogP contribution in [0.5, 0.6) is 0 Å². The zero-order valence-electron chi connectivity index (χ0n) is 14.7. The molecule has 0 fully saturated rings. The first-order valence-corrected chi connectivity index (χ1v) is 8.41. The topological polar surface area (TPSA) is 75.9 Å². The Balaban J connectivity index is 1.84. The van der Waals surface area contributed by atoms with Gasteiger partial charge in [0.05, 0.1) is 11.6 Å². The van der Waals surface area contributed by atoms with Gasteiger partial charge in [-0.25, -0.2) is 14.6 Å². The zero-order valence-corrected chi connectivity index (χ0v) is 14.7. The van der Waals surface area contributed by atoms with E-state index in [2.05, 4.69) is 39.1 Å². The van der Waals surface area contributed by atoms with Crippen molar-refractivity contribution in [1.82, 2.24) is 19.7 Å². The average Bonchev–Trinajstić information content (AvgIpc) is 3.02. The van der Waals surface area contributed by atoms with Crippen LogP contribution < -0.4 is 10.2 Å². The molecule has 0 aliphatic carbocycles. The van der Waals surface area contributed by atoms with Crippen LogP contribution >= 0.6 is 0 Å². The third-order valence-corrected chi connectivity index (χ3v) is 4.19. The number of amides is 1. The van der Waals surface area contributed by atoms with Gasteiger partial charge < -0.3 is 10.2 Å². The second-order valence-corrected chi connectivity index (χ2v) is 5.77. The number of carbonyl (C=O) groups is 1. The van der Waals surface area contributed by atoms with Gasteiger partial charge in [0.25, 0.3) is 0 Å². The van der Waals surface area contributed by atoms with Gasteiger partial charge in [0, 0.05) is 18.8 Å². The predicted octanol–water partition coefficient (Wildman–Crippen LogP) is 2.62. The molecule has 7 heteroatoms. The van der Waals surface area contributed by atoms with Crippen molar-refractivity contribution >= 4 is 28.4 Å². The summed E-state index contributed by atoms with van der Waals surface area (Å²) < 4.78 is 1.61. The number of fused-ring (bicyclic) bond motifs is 1. The molecule has 0 spiro atoms. The fraction of sp³-hybridized carbons (Fsp3) is 0.333. The quantitative estimate of drug-likeness (QED) is 0.748. The van der Waals surface area contributed by atoms with Gasteiger partial charge in [0.2, 0.25) is 5.91 Å². The molecule has 3 rings (SSSR count). The Kier molecular flexibility index (Phi) is 4.92. The largest absolute Gasteiger partial charge is 0.356 e. The predicted molar refractivity (Wildman–Crippen MR) is 98.7 cm³/mol. The van der Waals surface area contributed by atoms with Gasteiger partial charge >= 0.3 is 0 Å². The van der Waals surface area contributed by atoms with Crippen molar-refractivity contribution in [3.8, 4) is 0 Å². The minimum atomic E-state index is -0.137. The molecule has 0 aliphatic heterocycles. The lowest BCUT2D eigenvalue weighted by atomic mass is 10.2. The normalized spacial score (nSPS) is 10.8. The van der Waals surface area contributed by atoms with Crippen molar-refractivity contribution in [2.75, 3.05) is 23.3 Å². The lowest BCUT2D eigenvalue weighted by Crippen LogP contribution is -2.23. The summed E-state index contributed by atoms with van der Waals surface area (Å²) in [6.07, 6.45) is 3.25. The summed E-state index contributed by atoms with van der Waals surface area (Å²) in [5.74, 6) is 0.711. The smallest absolute Gasteiger partial charge is 0.246 e. The minimum absolute atomic E-state index is 0.104. The monoisotopic (exact) mass is 338 g/mol. The molecule has 2 heterocycles. The number of carbonyl (C=O) groups excluding carboxylic acids is 1. The molecule has 0 radical (unpaired) electrons. The maximum absolute atomic E-state index is 12.4. The number of aromatic nitrogens is 4. The van der Waals surface area contributed by atoms with Crippen LogP contribution in [-0.2, 0) is 11.3 Å². The maximum Gasteiger partial charge on any atom is 0.246 e. The number of hydrogen-bond donors (Lipinski definition) is 1. The Morgan fingerprint density at radius 3 is 2.68 bits per heavy atom. The lowest BCUT2D eigenvalue weighted by molar-refractivity contribution is -0.116. The zero-order chi connectivity index (χ0) is 17.8. The Hall–Kier alpha value is -2.96. The Bertz CT molecular complexity index is 884. The van der Waals surface area contributed by atoms with Gasteiger partial charge in [0.1, 0.15) is 18.7 Å². The second-order valence-electron chi connectivity index (χ2n) is 5.77. The fourth-order valence-electron chi connectivity index (χ4n) is 2.81. The number of nitrogens with zero attached hydrogens (tertiary/aromatic N) is 5. The molecule has 0 aliphatic rings. The van der Waals surface area contributed by atoms with Crippen molar-refractivity contribution < 1.29 is 4.79 Å². The first kappa shape index (κ1) is 16.9. The first-order valence-electron chi connectivity index (χ1n) is 8.41. The van der Waals surface area contributed by atoms with Gasteiger partial charge in [-0.05, 0) is 32.4 Å². The van der Waals surface area contributed by atoms with Crippen molar-refractivity contribution in [3.05, 3.63) is 42.4 Å². The first-order chi connectivity index (χ1) is 12.1. The summed E-state index contributed by atoms with van der Waals surface area (Å²) in [7, 11) is 0. The van der Waals surface area contributed by atoms with Crippen LogP contribution in [0.15, 0.2) is 36.8 Å². The van der Waals surface area contributed by atoms with E-state index in [0.717, 1.165) is 35.5 Å². The summed E-state index contributed by atoms with van der Waals surface area (Å²) in [4.78, 5) is 23.2. The third-order valence-electron chi connectivity index (χ3n) is 4.19. The van der Waals surface area contributed by atoms with Gasteiger partial charge in [-0.2, -0.15) is 5.10 Å². The van der Waals surface area contributed by atoms with E-state index in [9.17, 15) is 4.79 Å². The summed E-state index contributed by atoms with van der Waals surface area (Å²) in [6.45, 7) is 7.92. The van der Waals surface area contributed by atoms with Crippen LogP contribution in [0.4, 0.5) is 11.5 Å². The number of aryl methyl sites for hydroxylation is 1. The van der Waals surface area contributed by atoms with Crippen LogP contribution in [0.25, 0.3) is 11.0 Å². The van der Waals surface area contributed by atoms with E-state index in [1.165, 1.54) is 6.33 Å². The van der Waals surface area contributed by atoms with Crippen molar-refractivity contribution in [1.29, 1.82) is 0 Å². The van der Waals surface area contributed by atoms with Gasteiger partial charge in [-0.15, -0.1) is 0 Å². The molecule has 1 N–H and O–H groups in total. The Morgan fingerprint density at radius 2 is 1.96 bits per heavy atom. The second kappa shape index (κ2) is 7.29. The van der Waals surface area contributed by atoms with Crippen LogP contribution in [-0.4, -0.2) is 38.7 Å².